The van der Waals surface area contributed by atoms with Crippen molar-refractivity contribution in [1.29, 1.82) is 5.26 Å². The molecule has 0 bridgehead atoms. The van der Waals surface area contributed by atoms with E-state index < -0.39 is 0 Å². The first-order valence-corrected chi connectivity index (χ1v) is 5.13. The van der Waals surface area contributed by atoms with Crippen molar-refractivity contribution < 1.29 is 9.90 Å². The molecular formula is C12H14N2O2. The second kappa shape index (κ2) is 6.59. The number of rotatable bonds is 5. The van der Waals surface area contributed by atoms with Crippen LogP contribution in [0, 0.1) is 11.3 Å². The molecule has 0 aliphatic heterocycles. The zero-order valence-electron chi connectivity index (χ0n) is 8.94. The Morgan fingerprint density at radius 1 is 1.50 bits per heavy atom. The van der Waals surface area contributed by atoms with Gasteiger partial charge in [-0.2, -0.15) is 5.26 Å². The maximum absolute atomic E-state index is 11.6. The minimum atomic E-state index is -0.173. The van der Waals surface area contributed by atoms with Gasteiger partial charge >= 0.3 is 0 Å². The second-order valence-corrected chi connectivity index (χ2v) is 3.37. The van der Waals surface area contributed by atoms with Crippen LogP contribution in [0.4, 0.5) is 0 Å². The van der Waals surface area contributed by atoms with Crippen LogP contribution in [0.1, 0.15) is 22.3 Å². The Balaban J connectivity index is 2.61. The third-order valence-corrected chi connectivity index (χ3v) is 2.09. The van der Waals surface area contributed by atoms with Crippen molar-refractivity contribution in [1.82, 2.24) is 5.32 Å². The molecule has 0 radical (unpaired) electrons. The standard InChI is InChI=1S/C12H14N2O2/c13-6-5-10-3-1-4-11(9-10)12(16)14-7-2-8-15/h1,3-4,9,15H,2,5,7-8H2,(H,14,16). The Labute approximate surface area is 94.5 Å². The van der Waals surface area contributed by atoms with Crippen LogP contribution in [0.25, 0.3) is 0 Å². The van der Waals surface area contributed by atoms with E-state index in [0.29, 0.717) is 24.9 Å². The number of nitriles is 1. The number of aliphatic hydroxyl groups is 1. The molecule has 1 aromatic rings. The fourth-order valence-corrected chi connectivity index (χ4v) is 1.30. The highest BCUT2D eigenvalue weighted by atomic mass is 16.3. The largest absolute Gasteiger partial charge is 0.396 e. The average molecular weight is 218 g/mol. The fourth-order valence-electron chi connectivity index (χ4n) is 1.30. The molecule has 0 heterocycles. The van der Waals surface area contributed by atoms with Crippen molar-refractivity contribution >= 4 is 5.91 Å². The van der Waals surface area contributed by atoms with Crippen molar-refractivity contribution in [3.63, 3.8) is 0 Å². The third kappa shape index (κ3) is 3.71. The monoisotopic (exact) mass is 218 g/mol. The van der Waals surface area contributed by atoms with Crippen LogP contribution in [0.3, 0.4) is 0 Å². The van der Waals surface area contributed by atoms with E-state index in [2.05, 4.69) is 5.32 Å². The molecule has 0 atom stereocenters. The van der Waals surface area contributed by atoms with Gasteiger partial charge in [0.05, 0.1) is 12.5 Å². The van der Waals surface area contributed by atoms with Crippen molar-refractivity contribution in [3.8, 4) is 6.07 Å². The summed E-state index contributed by atoms with van der Waals surface area (Å²) < 4.78 is 0. The summed E-state index contributed by atoms with van der Waals surface area (Å²) in [6.45, 7) is 0.520. The number of benzene rings is 1. The van der Waals surface area contributed by atoms with Gasteiger partial charge in [0.2, 0.25) is 0 Å². The topological polar surface area (TPSA) is 73.1 Å². The average Bonchev–Trinajstić information content (AvgIpc) is 2.30. The number of aliphatic hydroxyl groups excluding tert-OH is 1. The number of hydrogen-bond acceptors (Lipinski definition) is 3. The minimum absolute atomic E-state index is 0.0642. The summed E-state index contributed by atoms with van der Waals surface area (Å²) >= 11 is 0. The van der Waals surface area contributed by atoms with Gasteiger partial charge in [0.1, 0.15) is 0 Å². The van der Waals surface area contributed by atoms with Crippen LogP contribution in [0.5, 0.6) is 0 Å². The molecule has 0 fully saturated rings. The number of nitrogens with zero attached hydrogens (tertiary/aromatic N) is 1. The molecule has 0 aliphatic carbocycles. The van der Waals surface area contributed by atoms with Crippen molar-refractivity contribution in [3.05, 3.63) is 35.4 Å². The molecule has 0 unspecified atom stereocenters. The van der Waals surface area contributed by atoms with Crippen LogP contribution in [0.15, 0.2) is 24.3 Å². The molecule has 0 spiro atoms. The van der Waals surface area contributed by atoms with Crippen LogP contribution in [-0.4, -0.2) is 24.2 Å². The van der Waals surface area contributed by atoms with Gasteiger partial charge in [0, 0.05) is 18.7 Å². The highest BCUT2D eigenvalue weighted by Crippen LogP contribution is 2.05. The first kappa shape index (κ1) is 12.2. The van der Waals surface area contributed by atoms with Crippen LogP contribution >= 0.6 is 0 Å². The van der Waals surface area contributed by atoms with Crippen LogP contribution in [-0.2, 0) is 6.42 Å². The minimum Gasteiger partial charge on any atom is -0.396 e. The number of amides is 1. The Morgan fingerprint density at radius 2 is 2.31 bits per heavy atom. The molecule has 16 heavy (non-hydrogen) atoms. The summed E-state index contributed by atoms with van der Waals surface area (Å²) in [6.07, 6.45) is 0.849. The van der Waals surface area contributed by atoms with Gasteiger partial charge in [-0.1, -0.05) is 12.1 Å². The van der Waals surface area contributed by atoms with Gasteiger partial charge in [-0.05, 0) is 24.1 Å². The van der Waals surface area contributed by atoms with Gasteiger partial charge in [-0.15, -0.1) is 0 Å². The Morgan fingerprint density at radius 3 is 3.00 bits per heavy atom. The van der Waals surface area contributed by atoms with E-state index in [4.69, 9.17) is 10.4 Å². The maximum atomic E-state index is 11.6. The summed E-state index contributed by atoms with van der Waals surface area (Å²) in [6, 6.07) is 9.02. The molecule has 0 saturated carbocycles. The highest BCUT2D eigenvalue weighted by molar-refractivity contribution is 5.94. The first-order chi connectivity index (χ1) is 7.77. The van der Waals surface area contributed by atoms with Crippen LogP contribution in [0.2, 0.25) is 0 Å². The van der Waals surface area contributed by atoms with E-state index in [1.165, 1.54) is 0 Å². The molecule has 0 aromatic heterocycles. The molecule has 1 aromatic carbocycles. The SMILES string of the molecule is N#CCc1cccc(C(=O)NCCCO)c1. The van der Waals surface area contributed by atoms with Gasteiger partial charge in [0.25, 0.3) is 5.91 Å². The van der Waals surface area contributed by atoms with Crippen LogP contribution < -0.4 is 5.32 Å². The van der Waals surface area contributed by atoms with E-state index in [0.717, 1.165) is 5.56 Å². The summed E-state index contributed by atoms with van der Waals surface area (Å²) in [7, 11) is 0. The molecule has 4 nitrogen and oxygen atoms in total. The van der Waals surface area contributed by atoms with Crippen molar-refractivity contribution in [2.24, 2.45) is 0 Å². The molecular weight excluding hydrogens is 204 g/mol. The lowest BCUT2D eigenvalue weighted by atomic mass is 10.1. The lowest BCUT2D eigenvalue weighted by Gasteiger charge is -2.04. The maximum Gasteiger partial charge on any atom is 0.251 e. The molecule has 0 saturated heterocycles. The molecule has 1 amide bonds. The smallest absolute Gasteiger partial charge is 0.251 e. The zero-order chi connectivity index (χ0) is 11.8. The number of hydrogen-bond donors (Lipinski definition) is 2. The quantitative estimate of drug-likeness (QED) is 0.720. The molecule has 4 heteroatoms. The Kier molecular flexibility index (Phi) is 5.03. The van der Waals surface area contributed by atoms with Gasteiger partial charge in [0.15, 0.2) is 0 Å². The predicted molar refractivity (Wildman–Crippen MR) is 59.8 cm³/mol. The van der Waals surface area contributed by atoms with Gasteiger partial charge in [-0.25, -0.2) is 0 Å². The number of nitrogens with one attached hydrogen (secondary N) is 1. The lowest BCUT2D eigenvalue weighted by Crippen LogP contribution is -2.25. The highest BCUT2D eigenvalue weighted by Gasteiger charge is 2.04. The fraction of sp³-hybridized carbons (Fsp3) is 0.333. The van der Waals surface area contributed by atoms with Crippen molar-refractivity contribution in [2.75, 3.05) is 13.2 Å². The van der Waals surface area contributed by atoms with Crippen molar-refractivity contribution in [2.45, 2.75) is 12.8 Å². The first-order valence-electron chi connectivity index (χ1n) is 5.13. The summed E-state index contributed by atoms with van der Waals surface area (Å²) in [5.74, 6) is -0.173. The predicted octanol–water partition coefficient (Wildman–Crippen LogP) is 0.865. The van der Waals surface area contributed by atoms with E-state index in [1.807, 2.05) is 12.1 Å². The van der Waals surface area contributed by atoms with E-state index >= 15 is 0 Å². The Hall–Kier alpha value is -1.86. The second-order valence-electron chi connectivity index (χ2n) is 3.37. The van der Waals surface area contributed by atoms with E-state index in [-0.39, 0.29) is 12.5 Å². The van der Waals surface area contributed by atoms with Gasteiger partial charge in [-0.3, -0.25) is 4.79 Å². The summed E-state index contributed by atoms with van der Waals surface area (Å²) in [4.78, 5) is 11.6. The third-order valence-electron chi connectivity index (χ3n) is 2.09. The molecule has 84 valence electrons. The van der Waals surface area contributed by atoms with Gasteiger partial charge < -0.3 is 10.4 Å². The summed E-state index contributed by atoms with van der Waals surface area (Å²) in [5.41, 5.74) is 1.38. The molecule has 1 rings (SSSR count). The number of carbonyl (C=O) groups is 1. The summed E-state index contributed by atoms with van der Waals surface area (Å²) in [5, 5.41) is 19.8. The number of carbonyl (C=O) groups excluding carboxylic acids is 1. The molecule has 2 N–H and O–H groups in total. The zero-order valence-corrected chi connectivity index (χ0v) is 8.94. The normalized spacial score (nSPS) is 9.50. The van der Waals surface area contributed by atoms with E-state index in [1.54, 1.807) is 18.2 Å². The molecule has 0 aliphatic rings. The Bertz CT molecular complexity index is 396. The lowest BCUT2D eigenvalue weighted by molar-refractivity contribution is 0.0951. The van der Waals surface area contributed by atoms with E-state index in [9.17, 15) is 4.79 Å².